The highest BCUT2D eigenvalue weighted by Crippen LogP contribution is 2.16. The van der Waals surface area contributed by atoms with Crippen LogP contribution >= 0.6 is 0 Å². The fraction of sp³-hybridized carbons (Fsp3) is 0.400. The van der Waals surface area contributed by atoms with Crippen LogP contribution in [0.3, 0.4) is 0 Å². The molecule has 1 heterocycles. The van der Waals surface area contributed by atoms with Crippen LogP contribution in [0.5, 0.6) is 5.75 Å². The lowest BCUT2D eigenvalue weighted by Gasteiger charge is -2.04. The fourth-order valence-electron chi connectivity index (χ4n) is 1.85. The van der Waals surface area contributed by atoms with Crippen LogP contribution in [0.2, 0.25) is 0 Å². The molecule has 0 bridgehead atoms. The van der Waals surface area contributed by atoms with Crippen molar-refractivity contribution in [1.29, 1.82) is 0 Å². The zero-order valence-electron chi connectivity index (χ0n) is 11.3. The first-order valence-electron chi connectivity index (χ1n) is 6.50. The van der Waals surface area contributed by atoms with Crippen LogP contribution < -0.4 is 4.74 Å². The van der Waals surface area contributed by atoms with Gasteiger partial charge in [0.25, 0.3) is 0 Å². The van der Waals surface area contributed by atoms with E-state index in [1.54, 1.807) is 0 Å². The van der Waals surface area contributed by atoms with Crippen LogP contribution in [0.25, 0.3) is 0 Å². The largest absolute Gasteiger partial charge is 0.484 e. The van der Waals surface area contributed by atoms with Gasteiger partial charge in [-0.2, -0.15) is 0 Å². The molecule has 0 spiro atoms. The number of oxazole rings is 1. The van der Waals surface area contributed by atoms with E-state index in [4.69, 9.17) is 14.3 Å². The molecule has 0 unspecified atom stereocenters. The second-order valence-electron chi connectivity index (χ2n) is 4.37. The monoisotopic (exact) mass is 261 g/mol. The number of benzene rings is 1. The molecule has 0 aliphatic carbocycles. The van der Waals surface area contributed by atoms with Crippen LogP contribution in [-0.4, -0.2) is 16.7 Å². The van der Waals surface area contributed by atoms with Crippen molar-refractivity contribution in [3.8, 4) is 5.75 Å². The van der Waals surface area contributed by atoms with Crippen LogP contribution in [0, 0.1) is 6.92 Å². The van der Waals surface area contributed by atoms with Crippen molar-refractivity contribution in [3.05, 3.63) is 47.2 Å². The van der Waals surface area contributed by atoms with E-state index in [0.29, 0.717) is 18.9 Å². The number of nitrogens with zero attached hydrogens (tertiary/aromatic N) is 1. The predicted molar refractivity (Wildman–Crippen MR) is 72.2 cm³/mol. The molecule has 0 aliphatic rings. The van der Waals surface area contributed by atoms with Gasteiger partial charge in [-0.3, -0.25) is 0 Å². The summed E-state index contributed by atoms with van der Waals surface area (Å²) in [4.78, 5) is 4.30. The maximum atomic E-state index is 8.90. The molecule has 0 saturated heterocycles. The zero-order valence-corrected chi connectivity index (χ0v) is 11.3. The highest BCUT2D eigenvalue weighted by molar-refractivity contribution is 5.27. The zero-order chi connectivity index (χ0) is 13.7. The van der Waals surface area contributed by atoms with E-state index in [9.17, 15) is 0 Å². The molecule has 0 radical (unpaired) electrons. The van der Waals surface area contributed by atoms with E-state index >= 15 is 0 Å². The molecule has 0 saturated carbocycles. The smallest absolute Gasteiger partial charge is 0.232 e. The Bertz CT molecular complexity index is 517. The summed E-state index contributed by atoms with van der Waals surface area (Å²) in [6, 6.07) is 7.99. The lowest BCUT2D eigenvalue weighted by atomic mass is 10.2. The molecular weight excluding hydrogens is 242 g/mol. The number of aryl methyl sites for hydroxylation is 2. The molecule has 1 aromatic carbocycles. The first kappa shape index (κ1) is 13.6. The Morgan fingerprint density at radius 2 is 2.00 bits per heavy atom. The first-order chi connectivity index (χ1) is 9.22. The predicted octanol–water partition coefficient (Wildman–Crippen LogP) is 2.66. The lowest BCUT2D eigenvalue weighted by Crippen LogP contribution is -1.97. The molecule has 2 rings (SSSR count). The van der Waals surface area contributed by atoms with E-state index in [1.165, 1.54) is 5.56 Å². The van der Waals surface area contributed by atoms with Gasteiger partial charge in [0.05, 0.1) is 5.69 Å². The number of rotatable bonds is 6. The number of aromatic nitrogens is 1. The minimum absolute atomic E-state index is 0.0755. The molecular formula is C15H19NO3. The van der Waals surface area contributed by atoms with Gasteiger partial charge >= 0.3 is 0 Å². The van der Waals surface area contributed by atoms with Crippen LogP contribution in [0.4, 0.5) is 0 Å². The Labute approximate surface area is 113 Å². The standard InChI is InChI=1S/C15H19NO3/c1-3-12-4-6-13(7-5-12)18-10-15-16-14(8-9-17)11(2)19-15/h4-7,17H,3,8-10H2,1-2H3. The molecule has 102 valence electrons. The molecule has 19 heavy (non-hydrogen) atoms. The average molecular weight is 261 g/mol. The summed E-state index contributed by atoms with van der Waals surface area (Å²) in [5.74, 6) is 2.09. The molecule has 4 heteroatoms. The molecule has 0 aliphatic heterocycles. The van der Waals surface area contributed by atoms with E-state index < -0.39 is 0 Å². The van der Waals surface area contributed by atoms with Crippen molar-refractivity contribution in [2.45, 2.75) is 33.3 Å². The van der Waals surface area contributed by atoms with Gasteiger partial charge in [0.1, 0.15) is 11.5 Å². The SMILES string of the molecule is CCc1ccc(OCc2nc(CCO)c(C)o2)cc1. The van der Waals surface area contributed by atoms with Crippen molar-refractivity contribution in [1.82, 2.24) is 4.98 Å². The molecule has 0 amide bonds. The van der Waals surface area contributed by atoms with E-state index in [-0.39, 0.29) is 6.61 Å². The van der Waals surface area contributed by atoms with Gasteiger partial charge in [-0.25, -0.2) is 4.98 Å². The molecule has 4 nitrogen and oxygen atoms in total. The maximum Gasteiger partial charge on any atom is 0.232 e. The van der Waals surface area contributed by atoms with Crippen LogP contribution in [-0.2, 0) is 19.4 Å². The van der Waals surface area contributed by atoms with Gasteiger partial charge in [0.2, 0.25) is 5.89 Å². The Hall–Kier alpha value is -1.81. The van der Waals surface area contributed by atoms with E-state index in [2.05, 4.69) is 11.9 Å². The van der Waals surface area contributed by atoms with Crippen molar-refractivity contribution in [2.24, 2.45) is 0 Å². The van der Waals surface area contributed by atoms with Crippen LogP contribution in [0.15, 0.2) is 28.7 Å². The number of aliphatic hydroxyl groups is 1. The normalized spacial score (nSPS) is 10.7. The van der Waals surface area contributed by atoms with Gasteiger partial charge in [-0.15, -0.1) is 0 Å². The number of aliphatic hydroxyl groups excluding tert-OH is 1. The third-order valence-corrected chi connectivity index (χ3v) is 2.98. The third-order valence-electron chi connectivity index (χ3n) is 2.98. The van der Waals surface area contributed by atoms with E-state index in [0.717, 1.165) is 23.6 Å². The second kappa shape index (κ2) is 6.38. The van der Waals surface area contributed by atoms with Gasteiger partial charge in [-0.1, -0.05) is 19.1 Å². The van der Waals surface area contributed by atoms with Crippen molar-refractivity contribution >= 4 is 0 Å². The third kappa shape index (κ3) is 3.58. The molecule has 0 atom stereocenters. The second-order valence-corrected chi connectivity index (χ2v) is 4.37. The molecule has 0 fully saturated rings. The quantitative estimate of drug-likeness (QED) is 0.868. The average Bonchev–Trinajstić information content (AvgIpc) is 2.78. The fourth-order valence-corrected chi connectivity index (χ4v) is 1.85. The highest BCUT2D eigenvalue weighted by atomic mass is 16.5. The summed E-state index contributed by atoms with van der Waals surface area (Å²) in [5, 5.41) is 8.90. The highest BCUT2D eigenvalue weighted by Gasteiger charge is 2.09. The minimum Gasteiger partial charge on any atom is -0.484 e. The van der Waals surface area contributed by atoms with Gasteiger partial charge in [0, 0.05) is 13.0 Å². The number of hydrogen-bond donors (Lipinski definition) is 1. The lowest BCUT2D eigenvalue weighted by molar-refractivity contribution is 0.260. The molecule has 1 aromatic heterocycles. The molecule has 1 N–H and O–H groups in total. The first-order valence-corrected chi connectivity index (χ1v) is 6.50. The van der Waals surface area contributed by atoms with Crippen LogP contribution in [0.1, 0.15) is 29.8 Å². The topological polar surface area (TPSA) is 55.5 Å². The summed E-state index contributed by atoms with van der Waals surface area (Å²) in [7, 11) is 0. The number of ether oxygens (including phenoxy) is 1. The summed E-state index contributed by atoms with van der Waals surface area (Å²) in [6.45, 7) is 4.34. The summed E-state index contributed by atoms with van der Waals surface area (Å²) in [6.07, 6.45) is 1.53. The number of hydrogen-bond acceptors (Lipinski definition) is 4. The Morgan fingerprint density at radius 1 is 1.26 bits per heavy atom. The summed E-state index contributed by atoms with van der Waals surface area (Å²) >= 11 is 0. The van der Waals surface area contributed by atoms with Crippen molar-refractivity contribution in [3.63, 3.8) is 0 Å². The Balaban J connectivity index is 1.95. The Kier molecular flexibility index (Phi) is 4.58. The maximum absolute atomic E-state index is 8.90. The summed E-state index contributed by atoms with van der Waals surface area (Å²) in [5.41, 5.74) is 2.08. The minimum atomic E-state index is 0.0755. The van der Waals surface area contributed by atoms with Crippen molar-refractivity contribution < 1.29 is 14.3 Å². The van der Waals surface area contributed by atoms with Gasteiger partial charge in [-0.05, 0) is 31.0 Å². The van der Waals surface area contributed by atoms with Gasteiger partial charge < -0.3 is 14.3 Å². The Morgan fingerprint density at radius 3 is 2.63 bits per heavy atom. The summed E-state index contributed by atoms with van der Waals surface area (Å²) < 4.78 is 11.1. The van der Waals surface area contributed by atoms with E-state index in [1.807, 2.05) is 31.2 Å². The molecule has 2 aromatic rings. The van der Waals surface area contributed by atoms with Gasteiger partial charge in [0.15, 0.2) is 6.61 Å². The van der Waals surface area contributed by atoms with Crippen molar-refractivity contribution in [2.75, 3.05) is 6.61 Å².